The zero-order valence-corrected chi connectivity index (χ0v) is 14.0. The van der Waals surface area contributed by atoms with E-state index in [1.807, 2.05) is 49.3 Å². The molecule has 0 saturated carbocycles. The highest BCUT2D eigenvalue weighted by Gasteiger charge is 2.25. The van der Waals surface area contributed by atoms with Crippen molar-refractivity contribution in [2.45, 2.75) is 13.0 Å². The lowest BCUT2D eigenvalue weighted by molar-refractivity contribution is -0.143. The van der Waals surface area contributed by atoms with Gasteiger partial charge in [-0.15, -0.1) is 0 Å². The molecule has 0 bridgehead atoms. The predicted molar refractivity (Wildman–Crippen MR) is 95.0 cm³/mol. The molecule has 2 aromatic carbocycles. The number of carbonyl (C=O) groups is 2. The number of nitrogens with one attached hydrogen (secondary N) is 1. The Kier molecular flexibility index (Phi) is 4.51. The fraction of sp³-hybridized carbons (Fsp3) is 0.263. The van der Waals surface area contributed by atoms with Crippen LogP contribution in [0.4, 0.5) is 11.4 Å². The van der Waals surface area contributed by atoms with Gasteiger partial charge in [-0.05, 0) is 41.8 Å². The van der Waals surface area contributed by atoms with Crippen LogP contribution in [0.15, 0.2) is 48.5 Å². The molecule has 0 saturated heterocycles. The zero-order chi connectivity index (χ0) is 17.1. The summed E-state index contributed by atoms with van der Waals surface area (Å²) in [7, 11) is 3.90. The fourth-order valence-corrected chi connectivity index (χ4v) is 2.84. The molecule has 1 N–H and O–H groups in total. The van der Waals surface area contributed by atoms with Crippen molar-refractivity contribution in [3.05, 3.63) is 59.7 Å². The van der Waals surface area contributed by atoms with E-state index in [-0.39, 0.29) is 0 Å². The fourth-order valence-electron chi connectivity index (χ4n) is 2.84. The van der Waals surface area contributed by atoms with Crippen LogP contribution in [0, 0.1) is 0 Å². The Balaban J connectivity index is 1.64. The minimum Gasteiger partial charge on any atom is -0.378 e. The third kappa shape index (κ3) is 3.40. The lowest BCUT2D eigenvalue weighted by atomic mass is 10.00. The normalized spacial score (nSPS) is 13.2. The molecule has 1 heterocycles. The van der Waals surface area contributed by atoms with Crippen LogP contribution < -0.4 is 10.2 Å². The first-order valence-electron chi connectivity index (χ1n) is 7.99. The molecule has 3 rings (SSSR count). The Bertz CT molecular complexity index is 753. The quantitative estimate of drug-likeness (QED) is 0.863. The van der Waals surface area contributed by atoms with Crippen LogP contribution in [0.2, 0.25) is 0 Å². The Morgan fingerprint density at radius 3 is 2.33 bits per heavy atom. The molecule has 0 unspecified atom stereocenters. The number of carbonyl (C=O) groups excluding carboxylic acids is 2. The maximum atomic E-state index is 12.4. The Hall–Kier alpha value is -2.82. The van der Waals surface area contributed by atoms with Crippen molar-refractivity contribution in [3.63, 3.8) is 0 Å². The van der Waals surface area contributed by atoms with E-state index in [0.29, 0.717) is 18.8 Å². The van der Waals surface area contributed by atoms with Crippen molar-refractivity contribution in [1.82, 2.24) is 4.90 Å². The summed E-state index contributed by atoms with van der Waals surface area (Å²) < 4.78 is 0. The number of anilines is 2. The highest BCUT2D eigenvalue weighted by atomic mass is 16.2. The first-order chi connectivity index (χ1) is 11.5. The van der Waals surface area contributed by atoms with Crippen LogP contribution in [0.5, 0.6) is 0 Å². The van der Waals surface area contributed by atoms with E-state index in [1.165, 1.54) is 5.56 Å². The van der Waals surface area contributed by atoms with Crippen molar-refractivity contribution < 1.29 is 9.59 Å². The molecule has 2 aromatic rings. The highest BCUT2D eigenvalue weighted by molar-refractivity contribution is 6.39. The molecule has 2 amide bonds. The molecule has 0 spiro atoms. The van der Waals surface area contributed by atoms with Gasteiger partial charge in [0, 0.05) is 38.6 Å². The number of rotatable bonds is 2. The van der Waals surface area contributed by atoms with Gasteiger partial charge in [0.2, 0.25) is 0 Å². The molecule has 0 aromatic heterocycles. The molecule has 5 heteroatoms. The minimum absolute atomic E-state index is 0.485. The van der Waals surface area contributed by atoms with Gasteiger partial charge in [0.1, 0.15) is 0 Å². The van der Waals surface area contributed by atoms with E-state index in [4.69, 9.17) is 0 Å². The van der Waals surface area contributed by atoms with Crippen LogP contribution in [-0.2, 0) is 22.6 Å². The second kappa shape index (κ2) is 6.74. The van der Waals surface area contributed by atoms with Crippen molar-refractivity contribution in [2.24, 2.45) is 0 Å². The van der Waals surface area contributed by atoms with Crippen molar-refractivity contribution in [2.75, 3.05) is 30.9 Å². The van der Waals surface area contributed by atoms with Crippen molar-refractivity contribution in [1.29, 1.82) is 0 Å². The van der Waals surface area contributed by atoms with E-state index in [2.05, 4.69) is 11.4 Å². The molecule has 0 radical (unpaired) electrons. The second-order valence-corrected chi connectivity index (χ2v) is 6.14. The number of benzene rings is 2. The summed E-state index contributed by atoms with van der Waals surface area (Å²) in [5.41, 5.74) is 4.02. The van der Waals surface area contributed by atoms with Gasteiger partial charge in [-0.25, -0.2) is 0 Å². The summed E-state index contributed by atoms with van der Waals surface area (Å²) in [5, 5.41) is 2.68. The molecule has 1 aliphatic rings. The van der Waals surface area contributed by atoms with E-state index < -0.39 is 11.8 Å². The van der Waals surface area contributed by atoms with Crippen LogP contribution in [0.1, 0.15) is 11.1 Å². The molecular weight excluding hydrogens is 302 g/mol. The van der Waals surface area contributed by atoms with Crippen molar-refractivity contribution >= 4 is 23.2 Å². The standard InChI is InChI=1S/C19H21N3O2/c1-21(2)17-9-7-16(8-10-17)20-18(23)19(24)22-12-11-14-5-3-4-6-15(14)13-22/h3-10H,11-13H2,1-2H3,(H,20,23). The lowest BCUT2D eigenvalue weighted by Gasteiger charge is -2.28. The van der Waals surface area contributed by atoms with Gasteiger partial charge in [-0.2, -0.15) is 0 Å². The molecule has 0 atom stereocenters. The first-order valence-corrected chi connectivity index (χ1v) is 7.99. The summed E-state index contributed by atoms with van der Waals surface area (Å²) in [6.45, 7) is 1.06. The Morgan fingerprint density at radius 2 is 1.67 bits per heavy atom. The first kappa shape index (κ1) is 16.1. The van der Waals surface area contributed by atoms with Crippen LogP contribution in [-0.4, -0.2) is 37.4 Å². The maximum Gasteiger partial charge on any atom is 0.313 e. The molecule has 0 aliphatic carbocycles. The molecular formula is C19H21N3O2. The summed E-state index contributed by atoms with van der Waals surface area (Å²) in [6.07, 6.45) is 0.784. The number of nitrogens with zero attached hydrogens (tertiary/aromatic N) is 2. The molecule has 5 nitrogen and oxygen atoms in total. The summed E-state index contributed by atoms with van der Waals surface area (Å²) >= 11 is 0. The molecule has 1 aliphatic heterocycles. The van der Waals surface area contributed by atoms with Gasteiger partial charge in [-0.1, -0.05) is 24.3 Å². The van der Waals surface area contributed by atoms with Crippen LogP contribution in [0.25, 0.3) is 0 Å². The van der Waals surface area contributed by atoms with E-state index in [9.17, 15) is 9.59 Å². The minimum atomic E-state index is -0.591. The Morgan fingerprint density at radius 1 is 1.00 bits per heavy atom. The van der Waals surface area contributed by atoms with Crippen LogP contribution in [0.3, 0.4) is 0 Å². The monoisotopic (exact) mass is 323 g/mol. The van der Waals surface area contributed by atoms with Crippen molar-refractivity contribution in [3.8, 4) is 0 Å². The van der Waals surface area contributed by atoms with E-state index >= 15 is 0 Å². The van der Waals surface area contributed by atoms with Gasteiger partial charge in [-0.3, -0.25) is 9.59 Å². The lowest BCUT2D eigenvalue weighted by Crippen LogP contribution is -2.42. The van der Waals surface area contributed by atoms with E-state index in [1.54, 1.807) is 17.0 Å². The van der Waals surface area contributed by atoms with E-state index in [0.717, 1.165) is 17.7 Å². The number of fused-ring (bicyclic) bond motifs is 1. The van der Waals surface area contributed by atoms with Gasteiger partial charge < -0.3 is 15.1 Å². The molecule has 124 valence electrons. The zero-order valence-electron chi connectivity index (χ0n) is 14.0. The third-order valence-corrected chi connectivity index (χ3v) is 4.25. The Labute approximate surface area is 141 Å². The summed E-state index contributed by atoms with van der Waals surface area (Å²) in [6, 6.07) is 15.4. The molecule has 0 fully saturated rings. The average molecular weight is 323 g/mol. The predicted octanol–water partition coefficient (Wildman–Crippen LogP) is 2.28. The number of hydrogen-bond acceptors (Lipinski definition) is 3. The van der Waals surface area contributed by atoms with Gasteiger partial charge in [0.25, 0.3) is 0 Å². The van der Waals surface area contributed by atoms with Gasteiger partial charge in [0.15, 0.2) is 0 Å². The average Bonchev–Trinajstić information content (AvgIpc) is 2.61. The largest absolute Gasteiger partial charge is 0.378 e. The number of amides is 2. The SMILES string of the molecule is CN(C)c1ccc(NC(=O)C(=O)N2CCc3ccccc3C2)cc1. The number of hydrogen-bond donors (Lipinski definition) is 1. The summed E-state index contributed by atoms with van der Waals surface area (Å²) in [4.78, 5) is 28.2. The van der Waals surface area contributed by atoms with Crippen LogP contribution >= 0.6 is 0 Å². The highest BCUT2D eigenvalue weighted by Crippen LogP contribution is 2.19. The molecule has 24 heavy (non-hydrogen) atoms. The van der Waals surface area contributed by atoms with Gasteiger partial charge in [0.05, 0.1) is 0 Å². The third-order valence-electron chi connectivity index (χ3n) is 4.25. The van der Waals surface area contributed by atoms with Gasteiger partial charge >= 0.3 is 11.8 Å². The topological polar surface area (TPSA) is 52.7 Å². The second-order valence-electron chi connectivity index (χ2n) is 6.14. The smallest absolute Gasteiger partial charge is 0.313 e. The summed E-state index contributed by atoms with van der Waals surface area (Å²) in [5.74, 6) is -1.08. The maximum absolute atomic E-state index is 12.4.